The van der Waals surface area contributed by atoms with Gasteiger partial charge in [0, 0.05) is 45.9 Å². The normalized spacial score (nSPS) is 13.7. The summed E-state index contributed by atoms with van der Waals surface area (Å²) in [5.41, 5.74) is -0.923. The molecular weight excluding hydrogens is 1710 g/mol. The number of carbonyl (C=O) groups excluding carboxylic acids is 4. The van der Waals surface area contributed by atoms with Crippen molar-refractivity contribution < 1.29 is 163 Å². The fraction of sp³-hybridized carbons (Fsp3) is 0.773. The predicted octanol–water partition coefficient (Wildman–Crippen LogP) is 10.3. The van der Waals surface area contributed by atoms with Crippen molar-refractivity contribution in [2.45, 2.75) is 94.5 Å². The van der Waals surface area contributed by atoms with E-state index in [1.807, 2.05) is 19.0 Å². The second kappa shape index (κ2) is 40.3. The van der Waals surface area contributed by atoms with Gasteiger partial charge in [-0.2, -0.15) is 87.6 Å². The third kappa shape index (κ3) is 31.3. The Balaban J connectivity index is -0.000000317. The summed E-state index contributed by atoms with van der Waals surface area (Å²) in [4.78, 5) is 68.1. The molecular formula is C44H68ClF18I3N4O16S2V+. The molecule has 0 heterocycles. The molecule has 0 aromatic heterocycles. The van der Waals surface area contributed by atoms with Crippen molar-refractivity contribution >= 4 is 127 Å². The van der Waals surface area contributed by atoms with E-state index in [1.54, 1.807) is 34.9 Å². The van der Waals surface area contributed by atoms with Gasteiger partial charge in [0.15, 0.2) is 6.54 Å². The van der Waals surface area contributed by atoms with Gasteiger partial charge in [-0.3, -0.25) is 14.4 Å². The minimum absolute atomic E-state index is 0. The van der Waals surface area contributed by atoms with E-state index in [2.05, 4.69) is 77.8 Å². The number of alkyl halides is 19. The number of carbonyl (C=O) groups is 6. The Labute approximate surface area is 544 Å². The molecule has 2 atom stereocenters. The van der Waals surface area contributed by atoms with Crippen LogP contribution < -0.4 is 0 Å². The molecule has 45 heteroatoms. The van der Waals surface area contributed by atoms with Crippen molar-refractivity contribution in [2.75, 3.05) is 107 Å². The number of esters is 4. The van der Waals surface area contributed by atoms with Crippen LogP contribution >= 0.6 is 71.5 Å². The number of hydrogen-bond donors (Lipinski definition) is 2. The summed E-state index contributed by atoms with van der Waals surface area (Å²) in [6.45, 7) is 8.88. The topological polar surface area (TPSA) is 258 Å². The first-order valence-corrected chi connectivity index (χ1v) is 40.4. The van der Waals surface area contributed by atoms with Gasteiger partial charge >= 0.3 is 147 Å². The van der Waals surface area contributed by atoms with Crippen LogP contribution in [0.15, 0.2) is 25.3 Å². The second-order valence-corrected chi connectivity index (χ2v) is 58.7. The zero-order chi connectivity index (χ0) is 71.7. The molecule has 0 aliphatic heterocycles. The van der Waals surface area contributed by atoms with Gasteiger partial charge in [-0.25, -0.2) is 31.2 Å². The molecule has 0 aliphatic carbocycles. The maximum absolute atomic E-state index is 14.0. The Kier molecular flexibility index (Phi) is 44.3. The zero-order valence-electron chi connectivity index (χ0n) is 47.7. The Bertz CT molecular complexity index is 2490. The molecule has 0 amide bonds. The number of hydrogen-bond acceptors (Lipinski definition) is 15. The van der Waals surface area contributed by atoms with E-state index in [1.165, 1.54) is 6.92 Å². The summed E-state index contributed by atoms with van der Waals surface area (Å²) >= 11 is 12.1. The Morgan fingerprint density at radius 2 is 0.899 bits per heavy atom. The number of ether oxygens (including phenoxy) is 4. The molecule has 0 rings (SSSR count). The van der Waals surface area contributed by atoms with E-state index in [4.69, 9.17) is 36.0 Å². The fourth-order valence-electron chi connectivity index (χ4n) is 5.81. The van der Waals surface area contributed by atoms with Gasteiger partial charge in [0.2, 0.25) is 0 Å². The summed E-state index contributed by atoms with van der Waals surface area (Å²) in [5.74, 6) is -36.8. The summed E-state index contributed by atoms with van der Waals surface area (Å²) in [6.07, 6.45) is -12.4. The molecule has 0 aromatic rings. The van der Waals surface area contributed by atoms with Gasteiger partial charge in [0.05, 0.1) is 25.9 Å². The Morgan fingerprint density at radius 3 is 1.17 bits per heavy atom. The van der Waals surface area contributed by atoms with Crippen LogP contribution in [0.5, 0.6) is 0 Å². The van der Waals surface area contributed by atoms with Gasteiger partial charge < -0.3 is 38.5 Å². The van der Waals surface area contributed by atoms with Crippen LogP contribution in [0.3, 0.4) is 0 Å². The summed E-state index contributed by atoms with van der Waals surface area (Å²) in [5, 5.41) is 2.80. The van der Waals surface area contributed by atoms with Gasteiger partial charge in [-0.1, -0.05) is 48.3 Å². The monoisotopic (exact) mass is 1780 g/mol. The first-order chi connectivity index (χ1) is 39.0. The van der Waals surface area contributed by atoms with E-state index < -0.39 is 149 Å². The number of carboxylic acids is 2. The SMILES string of the molecule is C.C=CC(=O)OCCN(C)C.C=CC(=O)OCCN(C)S(=O)(=O)C(F)(F)C(F)(F)C(F)(F)C(F)(F)F.CCC(C(=O)OCC[N+](C)(C)CC(=O)O)C(C)(C)CC(C)C(=O)OCCN(C)S(=O)(=O)C(F)(F)C(F)(F)C(F)(F)C(F)(F)F.O=C(O)CCl.[I][V]([I])[I]. The molecule has 0 spiro atoms. The van der Waals surface area contributed by atoms with Crippen LogP contribution in [0.2, 0.25) is 0 Å². The third-order valence-corrected chi connectivity index (χ3v) is 14.7. The van der Waals surface area contributed by atoms with Crippen LogP contribution in [0, 0.1) is 17.3 Å². The van der Waals surface area contributed by atoms with Gasteiger partial charge in [-0.15, -0.1) is 11.6 Å². The molecule has 20 nitrogen and oxygen atoms in total. The fourth-order valence-corrected chi connectivity index (χ4v) is 8.13. The van der Waals surface area contributed by atoms with E-state index in [0.29, 0.717) is 12.7 Å². The van der Waals surface area contributed by atoms with Crippen molar-refractivity contribution in [3.63, 3.8) is 0 Å². The van der Waals surface area contributed by atoms with Crippen molar-refractivity contribution in [3.8, 4) is 0 Å². The second-order valence-electron chi connectivity index (χ2n) is 18.8. The van der Waals surface area contributed by atoms with Crippen molar-refractivity contribution in [3.05, 3.63) is 25.3 Å². The number of rotatable bonds is 31. The third-order valence-electron chi connectivity index (χ3n) is 10.6. The number of sulfonamides is 2. The molecule has 0 fully saturated rings. The van der Waals surface area contributed by atoms with Crippen molar-refractivity contribution in [1.82, 2.24) is 13.5 Å². The van der Waals surface area contributed by atoms with Crippen molar-refractivity contribution in [2.24, 2.45) is 17.3 Å². The summed E-state index contributed by atoms with van der Waals surface area (Å²) in [6, 6.07) is 0. The maximum atomic E-state index is 14.0. The standard InChI is InChI=1S/C24H37F9N2O8S.C10H10F9NO4S.C7H13NO2.C2H3ClO2.CH4.3HI.V/c1-8-16(19(39)43-12-10-35(6,7)14-17(36)37)20(3,4)13-15(2)18(38)42-11-9-34(5)44(40,41)24(32,33)22(27,28)21(25,26)23(29,30)31;1-3-6(21)24-5-4-20(2)25(22,23)10(18,19)8(13,14)7(11,12)9(15,16)17;1-4-7(9)10-6-5-8(2)3;3-1-2(4)5;;;;;/h15-16H,8-14H2,1-7H3;3H,1,4-5H2,2H3;4H,1,5-6H2,2-3H3;1H2,(H,4,5);1H4;3*1H;/q;;;;;;;;+3/p-2. The molecule has 0 radical (unpaired) electrons. The number of aliphatic carboxylic acids is 2. The zero-order valence-corrected chi connectivity index (χ0v) is 57.9. The van der Waals surface area contributed by atoms with Crippen LogP contribution in [-0.2, 0) is 72.7 Å². The van der Waals surface area contributed by atoms with Crippen LogP contribution in [-0.4, -0.2) is 235 Å². The van der Waals surface area contributed by atoms with E-state index in [-0.39, 0.29) is 75.3 Å². The number of likely N-dealkylation sites (N-methyl/N-ethyl adjacent to an activating group) is 4. The van der Waals surface area contributed by atoms with E-state index in [9.17, 15) is 125 Å². The number of nitrogens with zero attached hydrogens (tertiary/aromatic N) is 4. The molecule has 89 heavy (non-hydrogen) atoms. The van der Waals surface area contributed by atoms with Crippen LogP contribution in [0.4, 0.5) is 79.0 Å². The Hall–Kier alpha value is -2.16. The molecule has 0 aromatic carbocycles. The molecule has 0 saturated heterocycles. The number of quaternary nitrogens is 1. The van der Waals surface area contributed by atoms with Gasteiger partial charge in [-0.05, 0) is 32.4 Å². The van der Waals surface area contributed by atoms with E-state index >= 15 is 0 Å². The number of halogens is 22. The summed E-state index contributed by atoms with van der Waals surface area (Å²) in [7, 11) is -6.08. The van der Waals surface area contributed by atoms with E-state index in [0.717, 1.165) is 12.6 Å². The molecule has 2 unspecified atom stereocenters. The summed E-state index contributed by atoms with van der Waals surface area (Å²) < 4.78 is 297. The molecule has 0 bridgehead atoms. The Morgan fingerprint density at radius 1 is 0.596 bits per heavy atom. The van der Waals surface area contributed by atoms with Gasteiger partial charge in [0.25, 0.3) is 20.0 Å². The first kappa shape index (κ1) is 97.9. The quantitative estimate of drug-likeness (QED) is 0.0124. The average molecular weight is 1780 g/mol. The average Bonchev–Trinajstić information content (AvgIpc) is 3.56. The minimum atomic E-state index is -7.41. The van der Waals surface area contributed by atoms with Crippen LogP contribution in [0.25, 0.3) is 0 Å². The first-order valence-electron chi connectivity index (χ1n) is 23.4. The van der Waals surface area contributed by atoms with Gasteiger partial charge in [0.1, 0.15) is 38.9 Å². The number of carboxylic acid groups (broad SMARTS) is 2. The molecule has 530 valence electrons. The molecule has 2 N–H and O–H groups in total. The predicted molar refractivity (Wildman–Crippen MR) is 306 cm³/mol. The molecule has 0 saturated carbocycles. The van der Waals surface area contributed by atoms with Crippen LogP contribution in [0.1, 0.15) is 48.0 Å². The molecule has 0 aliphatic rings. The van der Waals surface area contributed by atoms with Crippen molar-refractivity contribution in [1.29, 1.82) is 0 Å².